The Labute approximate surface area is 110 Å². The van der Waals surface area contributed by atoms with Gasteiger partial charge in [-0.1, -0.05) is 27.7 Å². The molecule has 0 aliphatic rings. The van der Waals surface area contributed by atoms with E-state index in [1.54, 1.807) is 0 Å². The number of hydrogen-bond acceptors (Lipinski definition) is 3. The molecule has 0 saturated heterocycles. The molecule has 1 rings (SSSR count). The van der Waals surface area contributed by atoms with Gasteiger partial charge in [0.2, 0.25) is 0 Å². The minimum absolute atomic E-state index is 0.150. The van der Waals surface area contributed by atoms with Gasteiger partial charge in [0.25, 0.3) is 0 Å². The van der Waals surface area contributed by atoms with Crippen LogP contribution >= 0.6 is 0 Å². The van der Waals surface area contributed by atoms with E-state index in [1.165, 1.54) is 5.56 Å². The number of aliphatic hydroxyl groups excluding tert-OH is 1. The summed E-state index contributed by atoms with van der Waals surface area (Å²) < 4.78 is 1.87. The molecule has 0 radical (unpaired) electrons. The molecule has 0 bridgehead atoms. The van der Waals surface area contributed by atoms with E-state index in [2.05, 4.69) is 44.3 Å². The fourth-order valence-electron chi connectivity index (χ4n) is 2.23. The lowest BCUT2D eigenvalue weighted by Gasteiger charge is -2.31. The number of rotatable bonds is 6. The van der Waals surface area contributed by atoms with E-state index in [9.17, 15) is 0 Å². The molecule has 0 saturated carbocycles. The molecule has 1 aromatic heterocycles. The maximum atomic E-state index is 9.15. The van der Waals surface area contributed by atoms with Gasteiger partial charge in [-0.05, 0) is 18.3 Å². The largest absolute Gasteiger partial charge is 0.396 e. The average Bonchev–Trinajstić information content (AvgIpc) is 2.63. The Kier molecular flexibility index (Phi) is 5.35. The third-order valence-corrected chi connectivity index (χ3v) is 3.33. The molecule has 1 heterocycles. The Morgan fingerprint density at radius 1 is 1.44 bits per heavy atom. The zero-order valence-electron chi connectivity index (χ0n) is 12.3. The predicted octanol–water partition coefficient (Wildman–Crippen LogP) is 1.87. The first-order chi connectivity index (χ1) is 8.38. The lowest BCUT2D eigenvalue weighted by atomic mass is 9.85. The second kappa shape index (κ2) is 6.34. The minimum atomic E-state index is 0.150. The number of aryl methyl sites for hydroxylation is 2. The van der Waals surface area contributed by atoms with Crippen LogP contribution in [0, 0.1) is 5.41 Å². The maximum absolute atomic E-state index is 9.15. The van der Waals surface area contributed by atoms with Gasteiger partial charge in [-0.3, -0.25) is 4.68 Å². The van der Waals surface area contributed by atoms with Gasteiger partial charge >= 0.3 is 0 Å². The van der Waals surface area contributed by atoms with Crippen molar-refractivity contribution in [2.45, 2.75) is 53.1 Å². The summed E-state index contributed by atoms with van der Waals surface area (Å²) >= 11 is 0. The summed E-state index contributed by atoms with van der Waals surface area (Å²) in [5.74, 6) is 0. The first-order valence-corrected chi connectivity index (χ1v) is 6.74. The van der Waals surface area contributed by atoms with E-state index in [0.29, 0.717) is 6.04 Å². The van der Waals surface area contributed by atoms with Crippen LogP contribution in [0.2, 0.25) is 0 Å². The van der Waals surface area contributed by atoms with Gasteiger partial charge in [-0.2, -0.15) is 5.10 Å². The van der Waals surface area contributed by atoms with Crippen molar-refractivity contribution in [3.05, 3.63) is 17.5 Å². The van der Waals surface area contributed by atoms with E-state index in [4.69, 9.17) is 5.11 Å². The monoisotopic (exact) mass is 253 g/mol. The minimum Gasteiger partial charge on any atom is -0.396 e. The van der Waals surface area contributed by atoms with Gasteiger partial charge in [-0.15, -0.1) is 0 Å². The van der Waals surface area contributed by atoms with Crippen molar-refractivity contribution in [3.63, 3.8) is 0 Å². The van der Waals surface area contributed by atoms with Crippen LogP contribution in [0.1, 0.15) is 45.4 Å². The van der Waals surface area contributed by atoms with Crippen molar-refractivity contribution in [3.8, 4) is 0 Å². The average molecular weight is 253 g/mol. The van der Waals surface area contributed by atoms with Crippen LogP contribution in [0.25, 0.3) is 0 Å². The topological polar surface area (TPSA) is 50.1 Å². The van der Waals surface area contributed by atoms with Crippen LogP contribution in [0.5, 0.6) is 0 Å². The first kappa shape index (κ1) is 15.2. The summed E-state index contributed by atoms with van der Waals surface area (Å²) in [5, 5.41) is 17.1. The van der Waals surface area contributed by atoms with Gasteiger partial charge in [0.05, 0.1) is 5.69 Å². The van der Waals surface area contributed by atoms with E-state index in [0.717, 1.165) is 25.1 Å². The van der Waals surface area contributed by atoms with E-state index in [-0.39, 0.29) is 12.0 Å². The Morgan fingerprint density at radius 3 is 2.61 bits per heavy atom. The normalized spacial score (nSPS) is 13.9. The highest BCUT2D eigenvalue weighted by molar-refractivity contribution is 5.16. The van der Waals surface area contributed by atoms with Gasteiger partial charge < -0.3 is 10.4 Å². The molecule has 104 valence electrons. The molecule has 0 aliphatic heterocycles. The number of aromatic nitrogens is 2. The van der Waals surface area contributed by atoms with E-state index in [1.807, 2.05) is 11.7 Å². The van der Waals surface area contributed by atoms with Crippen LogP contribution in [0.15, 0.2) is 6.20 Å². The predicted molar refractivity (Wildman–Crippen MR) is 74.4 cm³/mol. The molecule has 0 aliphatic carbocycles. The van der Waals surface area contributed by atoms with Gasteiger partial charge in [0, 0.05) is 38.0 Å². The Morgan fingerprint density at radius 2 is 2.11 bits per heavy atom. The second-order valence-corrected chi connectivity index (χ2v) is 5.94. The van der Waals surface area contributed by atoms with Crippen molar-refractivity contribution >= 4 is 0 Å². The highest BCUT2D eigenvalue weighted by atomic mass is 16.3. The fraction of sp³-hybridized carbons (Fsp3) is 0.786. The lowest BCUT2D eigenvalue weighted by molar-refractivity contribution is 0.196. The van der Waals surface area contributed by atoms with Crippen LogP contribution in [0.3, 0.4) is 0 Å². The summed E-state index contributed by atoms with van der Waals surface area (Å²) in [5.41, 5.74) is 2.56. The fourth-order valence-corrected chi connectivity index (χ4v) is 2.23. The molecule has 0 amide bonds. The van der Waals surface area contributed by atoms with E-state index >= 15 is 0 Å². The van der Waals surface area contributed by atoms with Crippen molar-refractivity contribution in [2.75, 3.05) is 6.61 Å². The second-order valence-electron chi connectivity index (χ2n) is 5.94. The smallest absolute Gasteiger partial charge is 0.0666 e. The van der Waals surface area contributed by atoms with Crippen LogP contribution < -0.4 is 5.32 Å². The Hall–Kier alpha value is -0.870. The quantitative estimate of drug-likeness (QED) is 0.813. The van der Waals surface area contributed by atoms with E-state index < -0.39 is 0 Å². The highest BCUT2D eigenvalue weighted by Crippen LogP contribution is 2.22. The van der Waals surface area contributed by atoms with Crippen molar-refractivity contribution in [1.82, 2.24) is 15.1 Å². The molecule has 1 aromatic rings. The molecule has 1 atom stereocenters. The summed E-state index contributed by atoms with van der Waals surface area (Å²) in [7, 11) is 1.96. The first-order valence-electron chi connectivity index (χ1n) is 6.74. The number of nitrogens with one attached hydrogen (secondary N) is 1. The Balaban J connectivity index is 2.66. The van der Waals surface area contributed by atoms with Crippen LogP contribution in [-0.2, 0) is 20.0 Å². The zero-order chi connectivity index (χ0) is 13.8. The van der Waals surface area contributed by atoms with Crippen molar-refractivity contribution in [2.24, 2.45) is 12.5 Å². The van der Waals surface area contributed by atoms with Gasteiger partial charge in [0.1, 0.15) is 0 Å². The molecule has 0 fully saturated rings. The molecule has 4 heteroatoms. The summed E-state index contributed by atoms with van der Waals surface area (Å²) in [4.78, 5) is 0. The number of nitrogens with zero attached hydrogens (tertiary/aromatic N) is 2. The summed E-state index contributed by atoms with van der Waals surface area (Å²) in [6, 6.07) is 0.312. The lowest BCUT2D eigenvalue weighted by Crippen LogP contribution is -2.40. The highest BCUT2D eigenvalue weighted by Gasteiger charge is 2.23. The third kappa shape index (κ3) is 4.10. The van der Waals surface area contributed by atoms with Crippen LogP contribution in [0.4, 0.5) is 0 Å². The van der Waals surface area contributed by atoms with Gasteiger partial charge in [0.15, 0.2) is 0 Å². The summed E-state index contributed by atoms with van der Waals surface area (Å²) in [6.07, 6.45) is 3.81. The SMILES string of the molecule is CCc1nn(C)cc1CNC(CCO)C(C)(C)C. The molecular weight excluding hydrogens is 226 g/mol. The number of aliphatic hydroxyl groups is 1. The molecule has 1 unspecified atom stereocenters. The standard InChI is InChI=1S/C14H27N3O/c1-6-12-11(10-17(5)16-12)9-15-13(7-8-18)14(2,3)4/h10,13,15,18H,6-9H2,1-5H3. The van der Waals surface area contributed by atoms with Crippen molar-refractivity contribution < 1.29 is 5.11 Å². The maximum Gasteiger partial charge on any atom is 0.0666 e. The molecule has 2 N–H and O–H groups in total. The number of hydrogen-bond donors (Lipinski definition) is 2. The van der Waals surface area contributed by atoms with Crippen molar-refractivity contribution in [1.29, 1.82) is 0 Å². The zero-order valence-corrected chi connectivity index (χ0v) is 12.3. The molecule has 4 nitrogen and oxygen atoms in total. The summed E-state index contributed by atoms with van der Waals surface area (Å²) in [6.45, 7) is 9.77. The molecule has 18 heavy (non-hydrogen) atoms. The molecule has 0 aromatic carbocycles. The molecule has 0 spiro atoms. The van der Waals surface area contributed by atoms with Crippen LogP contribution in [-0.4, -0.2) is 27.5 Å². The van der Waals surface area contributed by atoms with Gasteiger partial charge in [-0.25, -0.2) is 0 Å². The third-order valence-electron chi connectivity index (χ3n) is 3.33. The Bertz CT molecular complexity index is 366. The molecular formula is C14H27N3O.